The highest BCUT2D eigenvalue weighted by atomic mass is 16.5. The van der Waals surface area contributed by atoms with E-state index in [1.54, 1.807) is 7.11 Å². The molecule has 0 spiro atoms. The number of rotatable bonds is 6. The average Bonchev–Trinajstić information content (AvgIpc) is 3.50. The average molecular weight is 512 g/mol. The smallest absolute Gasteiger partial charge is 0.118 e. The summed E-state index contributed by atoms with van der Waals surface area (Å²) in [5.74, 6) is 2.30. The molecule has 6 rings (SSSR count). The van der Waals surface area contributed by atoms with Crippen LogP contribution < -0.4 is 4.74 Å². The molecule has 0 aromatic heterocycles. The molecule has 5 fully saturated rings. The van der Waals surface area contributed by atoms with Gasteiger partial charge in [-0.25, -0.2) is 0 Å². The van der Waals surface area contributed by atoms with Crippen LogP contribution in [-0.4, -0.2) is 60.2 Å². The molecular weight excluding hydrogens is 462 g/mol. The third-order valence-corrected chi connectivity index (χ3v) is 12.5. The van der Waals surface area contributed by atoms with E-state index in [0.717, 1.165) is 50.1 Å². The van der Waals surface area contributed by atoms with Gasteiger partial charge in [0.15, 0.2) is 0 Å². The molecule has 3 unspecified atom stereocenters. The highest BCUT2D eigenvalue weighted by Crippen LogP contribution is 2.71. The Bertz CT molecular complexity index is 962. The van der Waals surface area contributed by atoms with Crippen molar-refractivity contribution in [3.05, 3.63) is 29.8 Å². The summed E-state index contributed by atoms with van der Waals surface area (Å²) in [6.45, 7) is 9.17. The molecule has 0 radical (unpaired) electrons. The lowest BCUT2D eigenvalue weighted by molar-refractivity contribution is -0.239. The van der Waals surface area contributed by atoms with Crippen LogP contribution in [0.2, 0.25) is 0 Å². The van der Waals surface area contributed by atoms with Gasteiger partial charge in [0.2, 0.25) is 0 Å². The van der Waals surface area contributed by atoms with Crippen LogP contribution in [0.5, 0.6) is 5.75 Å². The molecule has 5 nitrogen and oxygen atoms in total. The first-order valence-corrected chi connectivity index (χ1v) is 15.2. The summed E-state index contributed by atoms with van der Waals surface area (Å²) in [7, 11) is 1.67. The van der Waals surface area contributed by atoms with Crippen LogP contribution in [-0.2, 0) is 10.3 Å². The Kier molecular flexibility index (Phi) is 6.70. The monoisotopic (exact) mass is 511 g/mol. The van der Waals surface area contributed by atoms with E-state index < -0.39 is 16.6 Å². The van der Waals surface area contributed by atoms with Gasteiger partial charge in [0.1, 0.15) is 5.75 Å². The summed E-state index contributed by atoms with van der Waals surface area (Å²) < 4.78 is 11.8. The van der Waals surface area contributed by atoms with Crippen LogP contribution in [0.4, 0.5) is 0 Å². The lowest BCUT2D eigenvalue weighted by Gasteiger charge is -2.64. The van der Waals surface area contributed by atoms with Crippen molar-refractivity contribution in [1.29, 1.82) is 0 Å². The normalized spacial score (nSPS) is 45.8. The maximum atomic E-state index is 12.5. The van der Waals surface area contributed by atoms with Crippen LogP contribution in [0.1, 0.15) is 90.0 Å². The number of aliphatic hydroxyl groups is 2. The molecule has 0 amide bonds. The Morgan fingerprint density at radius 3 is 2.38 bits per heavy atom. The number of methoxy groups -OCH3 is 1. The predicted molar refractivity (Wildman–Crippen MR) is 145 cm³/mol. The zero-order valence-corrected chi connectivity index (χ0v) is 23.4. The number of hydrogen-bond acceptors (Lipinski definition) is 5. The summed E-state index contributed by atoms with van der Waals surface area (Å²) in [6.07, 6.45) is 12.2. The van der Waals surface area contributed by atoms with E-state index in [0.29, 0.717) is 30.8 Å². The maximum absolute atomic E-state index is 12.5. The lowest BCUT2D eigenvalue weighted by atomic mass is 9.43. The molecule has 4 saturated carbocycles. The fourth-order valence-corrected chi connectivity index (χ4v) is 10.0. The van der Waals surface area contributed by atoms with E-state index in [4.69, 9.17) is 9.47 Å². The Balaban J connectivity index is 1.16. The zero-order chi connectivity index (χ0) is 25.9. The molecule has 1 saturated heterocycles. The molecule has 1 heterocycles. The van der Waals surface area contributed by atoms with Crippen molar-refractivity contribution in [3.63, 3.8) is 0 Å². The minimum atomic E-state index is -1.00. The number of fused-ring (bicyclic) bond motifs is 5. The van der Waals surface area contributed by atoms with Gasteiger partial charge in [0.25, 0.3) is 0 Å². The Morgan fingerprint density at radius 1 is 0.892 bits per heavy atom. The first-order chi connectivity index (χ1) is 17.7. The maximum Gasteiger partial charge on any atom is 0.118 e. The van der Waals surface area contributed by atoms with Crippen LogP contribution in [0.3, 0.4) is 0 Å². The van der Waals surface area contributed by atoms with E-state index in [-0.39, 0.29) is 11.3 Å². The van der Waals surface area contributed by atoms with Gasteiger partial charge in [-0.3, -0.25) is 0 Å². The fourth-order valence-electron chi connectivity index (χ4n) is 10.0. The number of hydrogen-bond donors (Lipinski definition) is 2. The summed E-state index contributed by atoms with van der Waals surface area (Å²) >= 11 is 0. The number of likely N-dealkylation sites (tertiary alicyclic amines) is 1. The molecule has 0 bridgehead atoms. The molecule has 37 heavy (non-hydrogen) atoms. The van der Waals surface area contributed by atoms with Crippen LogP contribution in [0.25, 0.3) is 0 Å². The van der Waals surface area contributed by atoms with Gasteiger partial charge in [-0.2, -0.15) is 0 Å². The molecular formula is C32H49NO4. The van der Waals surface area contributed by atoms with Crippen molar-refractivity contribution in [3.8, 4) is 5.75 Å². The second kappa shape index (κ2) is 9.50. The molecule has 4 aliphatic carbocycles. The Labute approximate surface area is 223 Å². The van der Waals surface area contributed by atoms with Crippen LogP contribution in [0.15, 0.2) is 24.3 Å². The summed E-state index contributed by atoms with van der Waals surface area (Å²) in [4.78, 5) is 2.55. The fraction of sp³-hybridized carbons (Fsp3) is 0.812. The first-order valence-electron chi connectivity index (χ1n) is 15.2. The minimum Gasteiger partial charge on any atom is -0.497 e. The third kappa shape index (κ3) is 3.93. The van der Waals surface area contributed by atoms with Crippen molar-refractivity contribution >= 4 is 0 Å². The summed E-state index contributed by atoms with van der Waals surface area (Å²) in [5.41, 5.74) is -1.15. The zero-order valence-electron chi connectivity index (χ0n) is 23.4. The first kappa shape index (κ1) is 26.1. The van der Waals surface area contributed by atoms with Gasteiger partial charge in [0, 0.05) is 12.0 Å². The molecule has 1 aromatic carbocycles. The SMILES string of the molecule is COc1ccc(C2(O)CC[C@@]3(O)[C@@H]4CCC5CC(OCCN6CCCC6)CC[C@]5(C)[C@@H]4CC[C@]23C)cc1. The highest BCUT2D eigenvalue weighted by molar-refractivity contribution is 5.36. The van der Waals surface area contributed by atoms with E-state index >= 15 is 0 Å². The highest BCUT2D eigenvalue weighted by Gasteiger charge is 2.72. The van der Waals surface area contributed by atoms with Gasteiger partial charge in [0.05, 0.1) is 31.0 Å². The van der Waals surface area contributed by atoms with Crippen molar-refractivity contribution in [2.24, 2.45) is 28.6 Å². The standard InChI is InChI=1S/C32H49NO4/c1-29-14-12-26(37-21-20-33-18-4-5-19-33)22-24(29)8-11-28-27(29)13-15-30(2)31(34,16-17-32(28,30)35)23-6-9-25(36-3)10-7-23/h6-7,9-10,24,26-28,34-35H,4-5,8,11-22H2,1-3H3/t24?,26?,27-,28-,29+,30-,31?,32-/m1/s1. The molecule has 5 aliphatic rings. The van der Waals surface area contributed by atoms with Crippen molar-refractivity contribution in [1.82, 2.24) is 4.90 Å². The summed E-state index contributed by atoms with van der Waals surface area (Å²) in [5, 5.41) is 24.7. The van der Waals surface area contributed by atoms with Crippen molar-refractivity contribution in [2.45, 2.75) is 102 Å². The molecule has 5 heteroatoms. The van der Waals surface area contributed by atoms with E-state index in [2.05, 4.69) is 18.7 Å². The molecule has 1 aromatic rings. The van der Waals surface area contributed by atoms with E-state index in [1.807, 2.05) is 24.3 Å². The third-order valence-electron chi connectivity index (χ3n) is 12.5. The molecule has 206 valence electrons. The van der Waals surface area contributed by atoms with E-state index in [9.17, 15) is 10.2 Å². The van der Waals surface area contributed by atoms with Gasteiger partial charge in [-0.1, -0.05) is 26.0 Å². The predicted octanol–water partition coefficient (Wildman–Crippen LogP) is 5.52. The Hall–Kier alpha value is -1.14. The lowest BCUT2D eigenvalue weighted by Crippen LogP contribution is -2.64. The van der Waals surface area contributed by atoms with Crippen molar-refractivity contribution < 1.29 is 19.7 Å². The second-order valence-electron chi connectivity index (χ2n) is 13.7. The number of benzene rings is 1. The van der Waals surface area contributed by atoms with E-state index in [1.165, 1.54) is 45.2 Å². The topological polar surface area (TPSA) is 62.2 Å². The van der Waals surface area contributed by atoms with Gasteiger partial charge < -0.3 is 24.6 Å². The molecule has 1 aliphatic heterocycles. The second-order valence-corrected chi connectivity index (χ2v) is 13.7. The van der Waals surface area contributed by atoms with Gasteiger partial charge in [-0.15, -0.1) is 0 Å². The minimum absolute atomic E-state index is 0.271. The summed E-state index contributed by atoms with van der Waals surface area (Å²) in [6, 6.07) is 7.89. The van der Waals surface area contributed by atoms with Gasteiger partial charge in [-0.05, 0) is 125 Å². The largest absolute Gasteiger partial charge is 0.497 e. The number of nitrogens with zero attached hydrogens (tertiary/aromatic N) is 1. The molecule has 2 N–H and O–H groups in total. The quantitative estimate of drug-likeness (QED) is 0.527. The Morgan fingerprint density at radius 2 is 1.65 bits per heavy atom. The van der Waals surface area contributed by atoms with Gasteiger partial charge >= 0.3 is 0 Å². The van der Waals surface area contributed by atoms with Crippen LogP contribution >= 0.6 is 0 Å². The number of ether oxygens (including phenoxy) is 2. The molecule has 8 atom stereocenters. The van der Waals surface area contributed by atoms with Crippen molar-refractivity contribution in [2.75, 3.05) is 33.4 Å². The van der Waals surface area contributed by atoms with Crippen LogP contribution in [0, 0.1) is 28.6 Å².